The summed E-state index contributed by atoms with van der Waals surface area (Å²) < 4.78 is 5.17. The van der Waals surface area contributed by atoms with Crippen LogP contribution < -0.4 is 0 Å². The highest BCUT2D eigenvalue weighted by Crippen LogP contribution is 2.26. The number of carbonyl (C=O) groups excluding carboxylic acids is 2. The summed E-state index contributed by atoms with van der Waals surface area (Å²) in [5.74, 6) is -0.0671. The van der Waals surface area contributed by atoms with Gasteiger partial charge in [0, 0.05) is 18.8 Å². The van der Waals surface area contributed by atoms with Gasteiger partial charge in [-0.3, -0.25) is 4.79 Å². The van der Waals surface area contributed by atoms with Crippen LogP contribution in [0.15, 0.2) is 6.07 Å². The summed E-state index contributed by atoms with van der Waals surface area (Å²) in [6.07, 6.45) is 4.27. The second-order valence-corrected chi connectivity index (χ2v) is 7.10. The smallest absolute Gasteiger partial charge is 0.342 e. The molecule has 0 N–H and O–H groups in total. The van der Waals surface area contributed by atoms with Crippen molar-refractivity contribution in [2.75, 3.05) is 13.7 Å². The number of esters is 1. The number of amides is 1. The SMILES string of the molecule is Cc1cc(C)c(C(=O)OCC(=O)N(C)C2CCC(C)CC2)c(Cl)n1. The van der Waals surface area contributed by atoms with Gasteiger partial charge in [-0.25, -0.2) is 9.78 Å². The van der Waals surface area contributed by atoms with Crippen LogP contribution in [0.2, 0.25) is 5.15 Å². The van der Waals surface area contributed by atoms with E-state index in [0.29, 0.717) is 5.56 Å². The Labute approximate surface area is 148 Å². The molecule has 1 amide bonds. The maximum atomic E-state index is 12.3. The molecule has 0 unspecified atom stereocenters. The minimum absolute atomic E-state index is 0.111. The molecule has 1 aliphatic carbocycles. The molecule has 1 saturated carbocycles. The zero-order valence-electron chi connectivity index (χ0n) is 14.8. The lowest BCUT2D eigenvalue weighted by atomic mass is 9.87. The number of carbonyl (C=O) groups is 2. The average Bonchev–Trinajstić information content (AvgIpc) is 2.51. The molecule has 0 bridgehead atoms. The number of hydrogen-bond acceptors (Lipinski definition) is 4. The lowest BCUT2D eigenvalue weighted by Crippen LogP contribution is -2.41. The van der Waals surface area contributed by atoms with E-state index in [1.807, 2.05) is 0 Å². The van der Waals surface area contributed by atoms with Crippen molar-refractivity contribution in [3.05, 3.63) is 28.0 Å². The maximum absolute atomic E-state index is 12.3. The van der Waals surface area contributed by atoms with E-state index in [2.05, 4.69) is 11.9 Å². The number of ether oxygens (including phenoxy) is 1. The Morgan fingerprint density at radius 1 is 1.29 bits per heavy atom. The van der Waals surface area contributed by atoms with Crippen LogP contribution >= 0.6 is 11.6 Å². The third-order valence-corrected chi connectivity index (χ3v) is 5.03. The summed E-state index contributed by atoms with van der Waals surface area (Å²) in [5.41, 5.74) is 1.65. The summed E-state index contributed by atoms with van der Waals surface area (Å²) in [4.78, 5) is 30.3. The quantitative estimate of drug-likeness (QED) is 0.614. The first-order valence-corrected chi connectivity index (χ1v) is 8.74. The molecule has 0 aromatic carbocycles. The number of likely N-dealkylation sites (N-methyl/N-ethyl adjacent to an activating group) is 1. The van der Waals surface area contributed by atoms with E-state index in [0.717, 1.165) is 37.3 Å². The molecule has 1 aliphatic rings. The molecule has 132 valence electrons. The molecule has 0 aliphatic heterocycles. The number of pyridine rings is 1. The topological polar surface area (TPSA) is 59.5 Å². The van der Waals surface area contributed by atoms with E-state index >= 15 is 0 Å². The van der Waals surface area contributed by atoms with Crippen LogP contribution in [0.1, 0.15) is 54.2 Å². The molecule has 2 rings (SSSR count). The van der Waals surface area contributed by atoms with Crippen molar-refractivity contribution in [3.63, 3.8) is 0 Å². The molecule has 0 radical (unpaired) electrons. The molecule has 5 nitrogen and oxygen atoms in total. The Hall–Kier alpha value is -1.62. The number of nitrogens with zero attached hydrogens (tertiary/aromatic N) is 2. The third kappa shape index (κ3) is 4.47. The Balaban J connectivity index is 1.93. The molecule has 0 spiro atoms. The van der Waals surface area contributed by atoms with Crippen molar-refractivity contribution < 1.29 is 14.3 Å². The largest absolute Gasteiger partial charge is 0.452 e. The first-order chi connectivity index (χ1) is 11.3. The zero-order chi connectivity index (χ0) is 17.9. The van der Waals surface area contributed by atoms with E-state index in [9.17, 15) is 9.59 Å². The van der Waals surface area contributed by atoms with Gasteiger partial charge in [-0.05, 0) is 57.1 Å². The van der Waals surface area contributed by atoms with Crippen LogP contribution in [0.4, 0.5) is 0 Å². The molecule has 1 aromatic rings. The fraction of sp³-hybridized carbons (Fsp3) is 0.611. The monoisotopic (exact) mass is 352 g/mol. The minimum atomic E-state index is -0.607. The van der Waals surface area contributed by atoms with E-state index in [-0.39, 0.29) is 29.3 Å². The Kier molecular flexibility index (Phi) is 6.21. The summed E-state index contributed by atoms with van der Waals surface area (Å²) in [6.45, 7) is 5.54. The molecular formula is C18H25ClN2O3. The van der Waals surface area contributed by atoms with Crippen molar-refractivity contribution in [1.82, 2.24) is 9.88 Å². The van der Waals surface area contributed by atoms with Crippen molar-refractivity contribution in [1.29, 1.82) is 0 Å². The van der Waals surface area contributed by atoms with E-state index in [4.69, 9.17) is 16.3 Å². The average molecular weight is 353 g/mol. The van der Waals surface area contributed by atoms with Gasteiger partial charge in [0.1, 0.15) is 5.15 Å². The summed E-state index contributed by atoms with van der Waals surface area (Å²) in [7, 11) is 1.78. The van der Waals surface area contributed by atoms with Crippen molar-refractivity contribution >= 4 is 23.5 Å². The second kappa shape index (κ2) is 7.97. The van der Waals surface area contributed by atoms with Gasteiger partial charge in [-0.15, -0.1) is 0 Å². The van der Waals surface area contributed by atoms with Crippen molar-refractivity contribution in [3.8, 4) is 0 Å². The molecule has 1 fully saturated rings. The van der Waals surface area contributed by atoms with Crippen LogP contribution in [-0.2, 0) is 9.53 Å². The molecule has 6 heteroatoms. The summed E-state index contributed by atoms with van der Waals surface area (Å²) in [6, 6.07) is 2.00. The highest BCUT2D eigenvalue weighted by atomic mass is 35.5. The molecule has 1 aromatic heterocycles. The second-order valence-electron chi connectivity index (χ2n) is 6.74. The predicted molar refractivity (Wildman–Crippen MR) is 93.2 cm³/mol. The fourth-order valence-corrected chi connectivity index (χ4v) is 3.53. The molecule has 0 atom stereocenters. The molecular weight excluding hydrogens is 328 g/mol. The van der Waals surface area contributed by atoms with E-state index in [1.54, 1.807) is 31.9 Å². The minimum Gasteiger partial charge on any atom is -0.452 e. The lowest BCUT2D eigenvalue weighted by molar-refractivity contribution is -0.136. The van der Waals surface area contributed by atoms with Crippen LogP contribution in [0.3, 0.4) is 0 Å². The van der Waals surface area contributed by atoms with Gasteiger partial charge in [0.25, 0.3) is 5.91 Å². The van der Waals surface area contributed by atoms with Crippen molar-refractivity contribution in [2.45, 2.75) is 52.5 Å². The van der Waals surface area contributed by atoms with Gasteiger partial charge < -0.3 is 9.64 Å². The van der Waals surface area contributed by atoms with Crippen LogP contribution in [0.5, 0.6) is 0 Å². The van der Waals surface area contributed by atoms with E-state index in [1.165, 1.54) is 0 Å². The Bertz CT molecular complexity index is 602. The van der Waals surface area contributed by atoms with Crippen LogP contribution in [0, 0.1) is 19.8 Å². The van der Waals surface area contributed by atoms with E-state index < -0.39 is 5.97 Å². The normalized spacial score (nSPS) is 20.5. The van der Waals surface area contributed by atoms with Crippen LogP contribution in [-0.4, -0.2) is 41.5 Å². The zero-order valence-corrected chi connectivity index (χ0v) is 15.5. The number of hydrogen-bond donors (Lipinski definition) is 0. The molecule has 1 heterocycles. The number of aromatic nitrogens is 1. The Morgan fingerprint density at radius 3 is 2.50 bits per heavy atom. The Morgan fingerprint density at radius 2 is 1.92 bits per heavy atom. The highest BCUT2D eigenvalue weighted by Gasteiger charge is 2.26. The fourth-order valence-electron chi connectivity index (χ4n) is 3.17. The van der Waals surface area contributed by atoms with Gasteiger partial charge in [-0.2, -0.15) is 0 Å². The molecule has 0 saturated heterocycles. The first-order valence-electron chi connectivity index (χ1n) is 8.36. The number of aryl methyl sites for hydroxylation is 2. The predicted octanol–water partition coefficient (Wildman–Crippen LogP) is 3.55. The maximum Gasteiger partial charge on any atom is 0.342 e. The van der Waals surface area contributed by atoms with Gasteiger partial charge in [0.15, 0.2) is 6.61 Å². The van der Waals surface area contributed by atoms with Gasteiger partial charge in [0.2, 0.25) is 0 Å². The van der Waals surface area contributed by atoms with Gasteiger partial charge in [0.05, 0.1) is 5.56 Å². The lowest BCUT2D eigenvalue weighted by Gasteiger charge is -2.33. The third-order valence-electron chi connectivity index (χ3n) is 4.76. The number of halogens is 1. The molecule has 24 heavy (non-hydrogen) atoms. The van der Waals surface area contributed by atoms with Crippen molar-refractivity contribution in [2.24, 2.45) is 5.92 Å². The van der Waals surface area contributed by atoms with Gasteiger partial charge in [-0.1, -0.05) is 18.5 Å². The summed E-state index contributed by atoms with van der Waals surface area (Å²) >= 11 is 6.04. The van der Waals surface area contributed by atoms with Gasteiger partial charge >= 0.3 is 5.97 Å². The number of rotatable bonds is 4. The van der Waals surface area contributed by atoms with Crippen LogP contribution in [0.25, 0.3) is 0 Å². The highest BCUT2D eigenvalue weighted by molar-refractivity contribution is 6.32. The first kappa shape index (κ1) is 18.7. The summed E-state index contributed by atoms with van der Waals surface area (Å²) in [5, 5.41) is 0.111. The standard InChI is InChI=1S/C18H25ClN2O3/c1-11-5-7-14(8-6-11)21(4)15(22)10-24-18(23)16-12(2)9-13(3)20-17(16)19/h9,11,14H,5-8,10H2,1-4H3.